The quantitative estimate of drug-likeness (QED) is 0.412. The standard InChI is InChI=1S/C25H24N2O3/c1-4-21-22(20-14-15-26-25(29-3)23(20)27(21)2)24(28)18-10-12-19(13-11-18)30-16-17-8-6-5-7-9-17/h5-15H,4,16H2,1-3H3. The Morgan fingerprint density at radius 2 is 1.77 bits per heavy atom. The third kappa shape index (κ3) is 3.54. The van der Waals surface area contributed by atoms with Gasteiger partial charge in [-0.2, -0.15) is 0 Å². The Labute approximate surface area is 175 Å². The van der Waals surface area contributed by atoms with Gasteiger partial charge in [-0.1, -0.05) is 37.3 Å². The number of aryl methyl sites for hydroxylation is 1. The van der Waals surface area contributed by atoms with Crippen molar-refractivity contribution in [3.8, 4) is 11.6 Å². The lowest BCUT2D eigenvalue weighted by molar-refractivity contribution is 0.103. The molecule has 0 spiro atoms. The molecule has 4 aromatic rings. The van der Waals surface area contributed by atoms with Gasteiger partial charge in [0.1, 0.15) is 17.9 Å². The van der Waals surface area contributed by atoms with Gasteiger partial charge < -0.3 is 14.0 Å². The molecule has 0 N–H and O–H groups in total. The first-order valence-electron chi connectivity index (χ1n) is 9.95. The number of methoxy groups -OCH3 is 1. The maximum Gasteiger partial charge on any atom is 0.238 e. The van der Waals surface area contributed by atoms with Crippen LogP contribution in [0, 0.1) is 0 Å². The second-order valence-corrected chi connectivity index (χ2v) is 7.08. The van der Waals surface area contributed by atoms with E-state index < -0.39 is 0 Å². The highest BCUT2D eigenvalue weighted by molar-refractivity contribution is 6.18. The first-order chi connectivity index (χ1) is 14.6. The number of rotatable bonds is 7. The van der Waals surface area contributed by atoms with Crippen molar-refractivity contribution in [2.45, 2.75) is 20.0 Å². The van der Waals surface area contributed by atoms with Crippen LogP contribution in [0.4, 0.5) is 0 Å². The lowest BCUT2D eigenvalue weighted by atomic mass is 9.99. The van der Waals surface area contributed by atoms with E-state index in [1.165, 1.54) is 0 Å². The summed E-state index contributed by atoms with van der Waals surface area (Å²) in [5, 5.41) is 0.857. The molecule has 5 heteroatoms. The fourth-order valence-corrected chi connectivity index (χ4v) is 3.82. The zero-order chi connectivity index (χ0) is 21.1. The average molecular weight is 400 g/mol. The molecule has 0 aliphatic carbocycles. The molecule has 4 rings (SSSR count). The van der Waals surface area contributed by atoms with Gasteiger partial charge in [-0.25, -0.2) is 4.98 Å². The third-order valence-corrected chi connectivity index (χ3v) is 5.31. The van der Waals surface area contributed by atoms with Crippen LogP contribution in [0.3, 0.4) is 0 Å². The molecular formula is C25H24N2O3. The van der Waals surface area contributed by atoms with Crippen LogP contribution in [0.1, 0.15) is 34.1 Å². The van der Waals surface area contributed by atoms with E-state index in [0.29, 0.717) is 23.6 Å². The van der Waals surface area contributed by atoms with E-state index in [1.54, 1.807) is 13.3 Å². The number of carbonyl (C=O) groups is 1. The van der Waals surface area contributed by atoms with Crippen LogP contribution in [0.15, 0.2) is 66.9 Å². The zero-order valence-corrected chi connectivity index (χ0v) is 17.4. The number of hydrogen-bond donors (Lipinski definition) is 0. The molecule has 0 atom stereocenters. The van der Waals surface area contributed by atoms with Crippen LogP contribution in [0.2, 0.25) is 0 Å². The van der Waals surface area contributed by atoms with Gasteiger partial charge in [0.05, 0.1) is 12.7 Å². The SMILES string of the molecule is CCc1c(C(=O)c2ccc(OCc3ccccc3)cc2)c2ccnc(OC)c2n1C. The normalized spacial score (nSPS) is 10.9. The van der Waals surface area contributed by atoms with Crippen molar-refractivity contribution in [2.24, 2.45) is 7.05 Å². The summed E-state index contributed by atoms with van der Waals surface area (Å²) in [5.74, 6) is 1.24. The highest BCUT2D eigenvalue weighted by Crippen LogP contribution is 2.32. The number of ether oxygens (including phenoxy) is 2. The minimum Gasteiger partial charge on any atom is -0.489 e. The summed E-state index contributed by atoms with van der Waals surface area (Å²) in [6, 6.07) is 19.2. The van der Waals surface area contributed by atoms with E-state index in [0.717, 1.165) is 34.3 Å². The van der Waals surface area contributed by atoms with E-state index in [4.69, 9.17) is 9.47 Å². The third-order valence-electron chi connectivity index (χ3n) is 5.31. The predicted octanol–water partition coefficient (Wildman–Crippen LogP) is 4.95. The minimum atomic E-state index is -0.0136. The van der Waals surface area contributed by atoms with Gasteiger partial charge in [-0.15, -0.1) is 0 Å². The highest BCUT2D eigenvalue weighted by atomic mass is 16.5. The van der Waals surface area contributed by atoms with Crippen LogP contribution in [-0.4, -0.2) is 22.4 Å². The molecule has 0 aliphatic heterocycles. The Morgan fingerprint density at radius 3 is 2.43 bits per heavy atom. The van der Waals surface area contributed by atoms with Crippen molar-refractivity contribution < 1.29 is 14.3 Å². The maximum absolute atomic E-state index is 13.4. The zero-order valence-electron chi connectivity index (χ0n) is 17.4. The monoisotopic (exact) mass is 400 g/mol. The van der Waals surface area contributed by atoms with Crippen molar-refractivity contribution in [3.63, 3.8) is 0 Å². The summed E-state index contributed by atoms with van der Waals surface area (Å²) >= 11 is 0. The van der Waals surface area contributed by atoms with Gasteiger partial charge >= 0.3 is 0 Å². The van der Waals surface area contributed by atoms with Crippen molar-refractivity contribution in [3.05, 3.63) is 89.2 Å². The largest absolute Gasteiger partial charge is 0.489 e. The molecule has 0 saturated carbocycles. The molecule has 0 radical (unpaired) electrons. The lowest BCUT2D eigenvalue weighted by Gasteiger charge is -2.08. The molecule has 0 amide bonds. The summed E-state index contributed by atoms with van der Waals surface area (Å²) in [6.07, 6.45) is 2.41. The molecule has 2 aromatic heterocycles. The predicted molar refractivity (Wildman–Crippen MR) is 117 cm³/mol. The Morgan fingerprint density at radius 1 is 1.03 bits per heavy atom. The highest BCUT2D eigenvalue weighted by Gasteiger charge is 2.23. The van der Waals surface area contributed by atoms with E-state index in [9.17, 15) is 4.79 Å². The molecule has 5 nitrogen and oxygen atoms in total. The molecule has 2 heterocycles. The Balaban J connectivity index is 1.64. The minimum absolute atomic E-state index is 0.0136. The fourth-order valence-electron chi connectivity index (χ4n) is 3.82. The van der Waals surface area contributed by atoms with E-state index >= 15 is 0 Å². The lowest BCUT2D eigenvalue weighted by Crippen LogP contribution is -2.06. The summed E-state index contributed by atoms with van der Waals surface area (Å²) in [4.78, 5) is 17.7. The van der Waals surface area contributed by atoms with Crippen molar-refractivity contribution in [2.75, 3.05) is 7.11 Å². The molecule has 0 bridgehead atoms. The Bertz CT molecular complexity index is 1180. The summed E-state index contributed by atoms with van der Waals surface area (Å²) in [6.45, 7) is 2.54. The van der Waals surface area contributed by atoms with Gasteiger partial charge in [-0.05, 0) is 42.3 Å². The van der Waals surface area contributed by atoms with Crippen LogP contribution in [-0.2, 0) is 20.1 Å². The molecule has 30 heavy (non-hydrogen) atoms. The number of nitrogens with zero attached hydrogens (tertiary/aromatic N) is 2. The van der Waals surface area contributed by atoms with Gasteiger partial charge in [0.25, 0.3) is 0 Å². The number of pyridine rings is 1. The fraction of sp³-hybridized carbons (Fsp3) is 0.200. The molecule has 0 unspecified atom stereocenters. The molecule has 0 aliphatic rings. The molecule has 0 fully saturated rings. The van der Waals surface area contributed by atoms with Crippen LogP contribution < -0.4 is 9.47 Å². The molecule has 2 aromatic carbocycles. The van der Waals surface area contributed by atoms with Crippen LogP contribution in [0.25, 0.3) is 10.9 Å². The molecule has 0 saturated heterocycles. The van der Waals surface area contributed by atoms with Crippen LogP contribution >= 0.6 is 0 Å². The van der Waals surface area contributed by atoms with Crippen molar-refractivity contribution >= 4 is 16.7 Å². The van der Waals surface area contributed by atoms with E-state index in [1.807, 2.05) is 79.2 Å². The number of aromatic nitrogens is 2. The maximum atomic E-state index is 13.4. The number of fused-ring (bicyclic) bond motifs is 1. The molecule has 152 valence electrons. The Hall–Kier alpha value is -3.60. The van der Waals surface area contributed by atoms with E-state index in [-0.39, 0.29) is 5.78 Å². The Kier molecular flexibility index (Phi) is 5.53. The number of ketones is 1. The number of hydrogen-bond acceptors (Lipinski definition) is 4. The smallest absolute Gasteiger partial charge is 0.238 e. The first kappa shape index (κ1) is 19.7. The van der Waals surface area contributed by atoms with E-state index in [2.05, 4.69) is 4.98 Å². The summed E-state index contributed by atoms with van der Waals surface area (Å²) in [5.41, 5.74) is 4.23. The topological polar surface area (TPSA) is 53.4 Å². The summed E-state index contributed by atoms with van der Waals surface area (Å²) in [7, 11) is 3.54. The number of benzene rings is 2. The van der Waals surface area contributed by atoms with Crippen LogP contribution in [0.5, 0.6) is 11.6 Å². The molecular weight excluding hydrogens is 376 g/mol. The summed E-state index contributed by atoms with van der Waals surface area (Å²) < 4.78 is 13.3. The number of carbonyl (C=O) groups excluding carboxylic acids is 1. The van der Waals surface area contributed by atoms with Gasteiger partial charge in [-0.3, -0.25) is 4.79 Å². The first-order valence-corrected chi connectivity index (χ1v) is 9.95. The average Bonchev–Trinajstić information content (AvgIpc) is 3.10. The van der Waals surface area contributed by atoms with Gasteiger partial charge in [0, 0.05) is 29.9 Å². The van der Waals surface area contributed by atoms with Gasteiger partial charge in [0.2, 0.25) is 5.88 Å². The second-order valence-electron chi connectivity index (χ2n) is 7.08. The second kappa shape index (κ2) is 8.41. The van der Waals surface area contributed by atoms with Crippen molar-refractivity contribution in [1.82, 2.24) is 9.55 Å². The van der Waals surface area contributed by atoms with Crippen molar-refractivity contribution in [1.29, 1.82) is 0 Å². The van der Waals surface area contributed by atoms with Gasteiger partial charge in [0.15, 0.2) is 5.78 Å².